The molecular weight excluding hydrogens is 280 g/mol. The minimum atomic E-state index is -0.162. The summed E-state index contributed by atoms with van der Waals surface area (Å²) in [6, 6.07) is 8.90. The summed E-state index contributed by atoms with van der Waals surface area (Å²) in [5.41, 5.74) is 1.87. The van der Waals surface area contributed by atoms with E-state index in [4.69, 9.17) is 4.42 Å². The van der Waals surface area contributed by atoms with E-state index in [-0.39, 0.29) is 17.8 Å². The molecule has 1 aliphatic carbocycles. The van der Waals surface area contributed by atoms with Gasteiger partial charge in [-0.05, 0) is 43.5 Å². The van der Waals surface area contributed by atoms with Gasteiger partial charge in [-0.15, -0.1) is 0 Å². The first kappa shape index (κ1) is 14.5. The lowest BCUT2D eigenvalue weighted by Crippen LogP contribution is -2.41. The van der Waals surface area contributed by atoms with Crippen molar-refractivity contribution in [1.82, 2.24) is 10.2 Å². The number of phenols is 1. The molecule has 2 amide bonds. The molecule has 22 heavy (non-hydrogen) atoms. The van der Waals surface area contributed by atoms with Crippen LogP contribution in [-0.2, 0) is 6.54 Å². The van der Waals surface area contributed by atoms with Gasteiger partial charge in [0.2, 0.25) is 0 Å². The Kier molecular flexibility index (Phi) is 4.04. The molecular formula is C17H20N2O3. The molecule has 1 aromatic carbocycles. The minimum Gasteiger partial charge on any atom is -0.508 e. The quantitative estimate of drug-likeness (QED) is 0.889. The van der Waals surface area contributed by atoms with Crippen LogP contribution in [0.25, 0.3) is 0 Å². The van der Waals surface area contributed by atoms with E-state index in [2.05, 4.69) is 5.32 Å². The number of furan rings is 1. The molecule has 2 aromatic rings. The molecule has 5 nitrogen and oxygen atoms in total. The second kappa shape index (κ2) is 6.13. The summed E-state index contributed by atoms with van der Waals surface area (Å²) in [6.07, 6.45) is 5.38. The third-order valence-electron chi connectivity index (χ3n) is 3.89. The van der Waals surface area contributed by atoms with E-state index in [9.17, 15) is 9.90 Å². The zero-order chi connectivity index (χ0) is 15.5. The van der Waals surface area contributed by atoms with E-state index in [0.717, 1.165) is 24.0 Å². The summed E-state index contributed by atoms with van der Waals surface area (Å²) >= 11 is 0. The number of aromatic hydroxyl groups is 1. The van der Waals surface area contributed by atoms with Crippen molar-refractivity contribution < 1.29 is 14.3 Å². The van der Waals surface area contributed by atoms with Crippen LogP contribution in [0.4, 0.5) is 4.79 Å². The maximum Gasteiger partial charge on any atom is 0.318 e. The van der Waals surface area contributed by atoms with E-state index < -0.39 is 0 Å². The van der Waals surface area contributed by atoms with E-state index in [1.165, 1.54) is 0 Å². The highest BCUT2D eigenvalue weighted by Gasteiger charge is 2.33. The summed E-state index contributed by atoms with van der Waals surface area (Å²) in [6.45, 7) is 2.47. The first-order valence-corrected chi connectivity index (χ1v) is 7.50. The van der Waals surface area contributed by atoms with Gasteiger partial charge in [0.25, 0.3) is 0 Å². The molecule has 2 N–H and O–H groups in total. The number of hydrogen-bond donors (Lipinski definition) is 2. The number of urea groups is 1. The predicted octanol–water partition coefficient (Wildman–Crippen LogP) is 3.42. The second-order valence-corrected chi connectivity index (χ2v) is 5.76. The normalized spacial score (nSPS) is 15.3. The van der Waals surface area contributed by atoms with E-state index in [0.29, 0.717) is 12.6 Å². The predicted molar refractivity (Wildman–Crippen MR) is 82.3 cm³/mol. The van der Waals surface area contributed by atoms with Crippen LogP contribution in [0.1, 0.15) is 36.9 Å². The summed E-state index contributed by atoms with van der Waals surface area (Å²) < 4.78 is 5.07. The van der Waals surface area contributed by atoms with Gasteiger partial charge in [0.05, 0.1) is 25.1 Å². The monoisotopic (exact) mass is 300 g/mol. The molecule has 0 saturated heterocycles. The van der Waals surface area contributed by atoms with Gasteiger partial charge >= 0.3 is 6.03 Å². The molecule has 0 spiro atoms. The van der Waals surface area contributed by atoms with Crippen molar-refractivity contribution in [3.8, 4) is 5.75 Å². The first-order valence-electron chi connectivity index (χ1n) is 7.50. The molecule has 0 radical (unpaired) electrons. The Morgan fingerprint density at radius 2 is 2.27 bits per heavy atom. The van der Waals surface area contributed by atoms with Crippen molar-refractivity contribution >= 4 is 6.03 Å². The summed E-state index contributed by atoms with van der Waals surface area (Å²) in [5.74, 6) is 0.205. The Balaban J connectivity index is 1.66. The van der Waals surface area contributed by atoms with Crippen LogP contribution in [0.2, 0.25) is 0 Å². The van der Waals surface area contributed by atoms with E-state index in [1.807, 2.05) is 24.0 Å². The van der Waals surface area contributed by atoms with Crippen LogP contribution < -0.4 is 5.32 Å². The van der Waals surface area contributed by atoms with Crippen LogP contribution in [0.3, 0.4) is 0 Å². The Bertz CT molecular complexity index is 635. The second-order valence-electron chi connectivity index (χ2n) is 5.76. The molecule has 1 heterocycles. The van der Waals surface area contributed by atoms with Gasteiger partial charge in [0.1, 0.15) is 5.75 Å². The van der Waals surface area contributed by atoms with Crippen LogP contribution in [0, 0.1) is 0 Å². The van der Waals surface area contributed by atoms with Gasteiger partial charge in [0, 0.05) is 11.6 Å². The van der Waals surface area contributed by atoms with Gasteiger partial charge in [-0.2, -0.15) is 0 Å². The molecule has 1 aliphatic rings. The standard InChI is InChI=1S/C17H20N2O3/c1-12(14-3-2-4-16(20)9-14)18-17(21)19(15-5-6-15)10-13-7-8-22-11-13/h2-4,7-9,11-12,15,20H,5-6,10H2,1H3,(H,18,21)/t12-/m0/s1. The van der Waals surface area contributed by atoms with Crippen molar-refractivity contribution in [2.45, 2.75) is 38.4 Å². The molecule has 0 unspecified atom stereocenters. The zero-order valence-electron chi connectivity index (χ0n) is 12.5. The van der Waals surface area contributed by atoms with E-state index >= 15 is 0 Å². The lowest BCUT2D eigenvalue weighted by atomic mass is 10.1. The highest BCUT2D eigenvalue weighted by molar-refractivity contribution is 5.75. The molecule has 1 fully saturated rings. The zero-order valence-corrected chi connectivity index (χ0v) is 12.5. The highest BCUT2D eigenvalue weighted by atomic mass is 16.3. The summed E-state index contributed by atoms with van der Waals surface area (Å²) in [5, 5.41) is 12.5. The van der Waals surface area contributed by atoms with Crippen molar-refractivity contribution in [2.24, 2.45) is 0 Å². The summed E-state index contributed by atoms with van der Waals surface area (Å²) in [7, 11) is 0. The largest absolute Gasteiger partial charge is 0.508 e. The molecule has 0 bridgehead atoms. The molecule has 116 valence electrons. The van der Waals surface area contributed by atoms with Gasteiger partial charge in [-0.3, -0.25) is 0 Å². The molecule has 1 atom stereocenters. The van der Waals surface area contributed by atoms with Crippen LogP contribution in [-0.4, -0.2) is 22.1 Å². The molecule has 5 heteroatoms. The average Bonchev–Trinajstić information content (AvgIpc) is 3.21. The smallest absolute Gasteiger partial charge is 0.318 e. The lowest BCUT2D eigenvalue weighted by Gasteiger charge is -2.25. The average molecular weight is 300 g/mol. The summed E-state index contributed by atoms with van der Waals surface area (Å²) in [4.78, 5) is 14.4. The SMILES string of the molecule is C[C@H](NC(=O)N(Cc1ccoc1)C1CC1)c1cccc(O)c1. The first-order chi connectivity index (χ1) is 10.6. The maximum atomic E-state index is 12.5. The topological polar surface area (TPSA) is 65.7 Å². The van der Waals surface area contributed by atoms with Gasteiger partial charge in [-0.25, -0.2) is 4.79 Å². The maximum absolute atomic E-state index is 12.5. The fourth-order valence-electron chi connectivity index (χ4n) is 2.48. The van der Waals surface area contributed by atoms with Crippen LogP contribution in [0.15, 0.2) is 47.3 Å². The van der Waals surface area contributed by atoms with E-state index in [1.54, 1.807) is 30.7 Å². The lowest BCUT2D eigenvalue weighted by molar-refractivity contribution is 0.188. The number of carbonyl (C=O) groups excluding carboxylic acids is 1. The Labute approximate surface area is 129 Å². The van der Waals surface area contributed by atoms with Crippen molar-refractivity contribution in [3.63, 3.8) is 0 Å². The molecule has 0 aliphatic heterocycles. The highest BCUT2D eigenvalue weighted by Crippen LogP contribution is 2.29. The third kappa shape index (κ3) is 3.42. The number of benzene rings is 1. The minimum absolute atomic E-state index is 0.0838. The number of rotatable bonds is 5. The van der Waals surface area contributed by atoms with Crippen molar-refractivity contribution in [1.29, 1.82) is 0 Å². The van der Waals surface area contributed by atoms with Crippen LogP contribution >= 0.6 is 0 Å². The molecule has 1 aromatic heterocycles. The third-order valence-corrected chi connectivity index (χ3v) is 3.89. The Hall–Kier alpha value is -2.43. The number of amides is 2. The van der Waals surface area contributed by atoms with Gasteiger partial charge < -0.3 is 19.7 Å². The number of hydrogen-bond acceptors (Lipinski definition) is 3. The number of nitrogens with one attached hydrogen (secondary N) is 1. The van der Waals surface area contributed by atoms with Crippen molar-refractivity contribution in [3.05, 3.63) is 54.0 Å². The molecule has 3 rings (SSSR count). The Morgan fingerprint density at radius 3 is 2.91 bits per heavy atom. The van der Waals surface area contributed by atoms with Gasteiger partial charge in [-0.1, -0.05) is 12.1 Å². The number of nitrogens with zero attached hydrogens (tertiary/aromatic N) is 1. The van der Waals surface area contributed by atoms with Crippen molar-refractivity contribution in [2.75, 3.05) is 0 Å². The number of carbonyl (C=O) groups is 1. The molecule has 1 saturated carbocycles. The van der Waals surface area contributed by atoms with Gasteiger partial charge in [0.15, 0.2) is 0 Å². The van der Waals surface area contributed by atoms with Crippen LogP contribution in [0.5, 0.6) is 5.75 Å². The fraction of sp³-hybridized carbons (Fsp3) is 0.353. The fourth-order valence-corrected chi connectivity index (χ4v) is 2.48. The Morgan fingerprint density at radius 1 is 1.45 bits per heavy atom. The number of phenolic OH excluding ortho intramolecular Hbond substituents is 1.